The van der Waals surface area contributed by atoms with Crippen molar-refractivity contribution in [1.29, 1.82) is 0 Å². The number of alkyl halides is 3. The Morgan fingerprint density at radius 2 is 1.53 bits per heavy atom. The summed E-state index contributed by atoms with van der Waals surface area (Å²) < 4.78 is 51.1. The monoisotopic (exact) mass is 548 g/mol. The summed E-state index contributed by atoms with van der Waals surface area (Å²) in [6.45, 7) is 3.89. The van der Waals surface area contributed by atoms with Gasteiger partial charge in [0.25, 0.3) is 11.4 Å². The highest BCUT2D eigenvalue weighted by Crippen LogP contribution is 2.35. The van der Waals surface area contributed by atoms with Crippen LogP contribution in [0.3, 0.4) is 0 Å². The van der Waals surface area contributed by atoms with Crippen LogP contribution in [0, 0.1) is 20.2 Å². The molecule has 1 atom stereocenters. The second-order valence-corrected chi connectivity index (χ2v) is 13.8. The molecule has 0 heterocycles. The first kappa shape index (κ1) is 28.3. The van der Waals surface area contributed by atoms with Crippen molar-refractivity contribution in [3.8, 4) is 5.75 Å². The first-order valence-corrected chi connectivity index (χ1v) is 14.4. The van der Waals surface area contributed by atoms with Crippen molar-refractivity contribution in [2.45, 2.75) is 31.4 Å². The van der Waals surface area contributed by atoms with Crippen LogP contribution >= 0.6 is 0 Å². The summed E-state index contributed by atoms with van der Waals surface area (Å²) in [6.07, 6.45) is -5.82. The number of methoxy groups -OCH3 is 1. The number of benzene rings is 3. The lowest BCUT2D eigenvalue weighted by Gasteiger charge is -2.29. The molecule has 200 valence electrons. The summed E-state index contributed by atoms with van der Waals surface area (Å²) in [5.41, 5.74) is -2.73. The standard InChI is InChI=1S/C25H23F3N2O7Si/c1-36-21-7-9-22(10-8-21)38(2,3)15-23(16-5-4-6-18(11-16)25(26,27)28)37-24(31)17-12-19(29(32)33)14-20(13-17)30(34)35/h4-14,23H,15H2,1-3H3. The number of carbonyl (C=O) groups excluding carboxylic acids is 1. The van der Waals surface area contributed by atoms with Gasteiger partial charge in [0.05, 0.1) is 42.2 Å². The van der Waals surface area contributed by atoms with E-state index in [1.54, 1.807) is 12.1 Å². The predicted octanol–water partition coefficient (Wildman–Crippen LogP) is 6.04. The minimum Gasteiger partial charge on any atom is -0.497 e. The Hall–Kier alpha value is -4.26. The molecule has 0 saturated carbocycles. The van der Waals surface area contributed by atoms with Crippen LogP contribution < -0.4 is 9.92 Å². The fraction of sp³-hybridized carbons (Fsp3) is 0.240. The van der Waals surface area contributed by atoms with Gasteiger partial charge in [-0.1, -0.05) is 42.5 Å². The van der Waals surface area contributed by atoms with Crippen molar-refractivity contribution in [3.05, 3.63) is 104 Å². The van der Waals surface area contributed by atoms with Crippen LogP contribution in [0.2, 0.25) is 19.1 Å². The Morgan fingerprint density at radius 1 is 0.947 bits per heavy atom. The number of nitro benzene ring substituents is 2. The van der Waals surface area contributed by atoms with Crippen molar-refractivity contribution < 1.29 is 37.3 Å². The first-order valence-electron chi connectivity index (χ1n) is 11.2. The highest BCUT2D eigenvalue weighted by molar-refractivity contribution is 6.89. The molecule has 0 amide bonds. The molecule has 3 rings (SSSR count). The second kappa shape index (κ2) is 11.0. The molecule has 0 N–H and O–H groups in total. The molecule has 38 heavy (non-hydrogen) atoms. The van der Waals surface area contributed by atoms with Gasteiger partial charge in [0.1, 0.15) is 11.9 Å². The molecule has 0 aliphatic carbocycles. The molecule has 1 unspecified atom stereocenters. The maximum atomic E-state index is 13.4. The number of carbonyl (C=O) groups is 1. The molecule has 0 aromatic heterocycles. The average Bonchev–Trinajstić information content (AvgIpc) is 2.87. The van der Waals surface area contributed by atoms with E-state index in [1.807, 2.05) is 25.2 Å². The zero-order valence-corrected chi connectivity index (χ0v) is 21.5. The Morgan fingerprint density at radius 3 is 2.03 bits per heavy atom. The molecule has 0 bridgehead atoms. The number of esters is 1. The predicted molar refractivity (Wildman–Crippen MR) is 134 cm³/mol. The van der Waals surface area contributed by atoms with Crippen molar-refractivity contribution in [2.75, 3.05) is 7.11 Å². The Labute approximate surface area is 216 Å². The van der Waals surface area contributed by atoms with E-state index in [0.717, 1.165) is 29.5 Å². The third kappa shape index (κ3) is 6.73. The molecule has 0 spiro atoms. The third-order valence-corrected chi connectivity index (χ3v) is 9.25. The van der Waals surface area contributed by atoms with Gasteiger partial charge < -0.3 is 9.47 Å². The van der Waals surface area contributed by atoms with Crippen LogP contribution in [0.4, 0.5) is 24.5 Å². The molecule has 13 heteroatoms. The maximum absolute atomic E-state index is 13.4. The largest absolute Gasteiger partial charge is 0.497 e. The van der Waals surface area contributed by atoms with Crippen LogP contribution in [-0.2, 0) is 10.9 Å². The Bertz CT molecular complexity index is 1330. The molecule has 0 aliphatic rings. The van der Waals surface area contributed by atoms with E-state index >= 15 is 0 Å². The third-order valence-electron chi connectivity index (χ3n) is 5.96. The van der Waals surface area contributed by atoms with Crippen molar-refractivity contribution in [2.24, 2.45) is 0 Å². The second-order valence-electron chi connectivity index (χ2n) is 9.09. The summed E-state index contributed by atoms with van der Waals surface area (Å²) >= 11 is 0. The zero-order valence-electron chi connectivity index (χ0n) is 20.5. The normalized spacial score (nSPS) is 12.5. The fourth-order valence-electron chi connectivity index (χ4n) is 3.89. The first-order chi connectivity index (χ1) is 17.7. The number of rotatable bonds is 9. The number of halogens is 3. The van der Waals surface area contributed by atoms with Gasteiger partial charge in [0.2, 0.25) is 0 Å². The maximum Gasteiger partial charge on any atom is 0.416 e. The van der Waals surface area contributed by atoms with Crippen LogP contribution in [0.1, 0.15) is 27.6 Å². The van der Waals surface area contributed by atoms with Gasteiger partial charge in [-0.3, -0.25) is 20.2 Å². The number of hydrogen-bond acceptors (Lipinski definition) is 7. The Balaban J connectivity index is 2.04. The summed E-state index contributed by atoms with van der Waals surface area (Å²) in [4.78, 5) is 33.8. The van der Waals surface area contributed by atoms with E-state index in [1.165, 1.54) is 19.2 Å². The van der Waals surface area contributed by atoms with Crippen LogP contribution in [0.5, 0.6) is 5.75 Å². The number of nitro groups is 2. The van der Waals surface area contributed by atoms with E-state index < -0.39 is 58.7 Å². The van der Waals surface area contributed by atoms with E-state index in [2.05, 4.69) is 0 Å². The van der Waals surface area contributed by atoms with E-state index in [9.17, 15) is 38.2 Å². The van der Waals surface area contributed by atoms with Gasteiger partial charge in [-0.05, 0) is 35.9 Å². The number of ether oxygens (including phenoxy) is 2. The quantitative estimate of drug-likeness (QED) is 0.138. The van der Waals surface area contributed by atoms with Gasteiger partial charge in [0.15, 0.2) is 0 Å². The summed E-state index contributed by atoms with van der Waals surface area (Å²) in [5.74, 6) is -0.523. The van der Waals surface area contributed by atoms with Gasteiger partial charge in [-0.15, -0.1) is 0 Å². The lowest BCUT2D eigenvalue weighted by Crippen LogP contribution is -2.43. The van der Waals surface area contributed by atoms with Crippen molar-refractivity contribution >= 4 is 30.6 Å². The van der Waals surface area contributed by atoms with Crippen molar-refractivity contribution in [3.63, 3.8) is 0 Å². The molecule has 0 saturated heterocycles. The van der Waals surface area contributed by atoms with Gasteiger partial charge in [-0.25, -0.2) is 4.79 Å². The highest BCUT2D eigenvalue weighted by atomic mass is 28.3. The number of non-ortho nitro benzene ring substituents is 2. The van der Waals surface area contributed by atoms with Crippen LogP contribution in [0.25, 0.3) is 0 Å². The topological polar surface area (TPSA) is 122 Å². The Kier molecular flexibility index (Phi) is 8.20. The zero-order chi connectivity index (χ0) is 28.3. The van der Waals surface area contributed by atoms with Crippen LogP contribution in [0.15, 0.2) is 66.7 Å². The van der Waals surface area contributed by atoms with E-state index in [-0.39, 0.29) is 11.6 Å². The summed E-state index contributed by atoms with van der Waals surface area (Å²) in [7, 11) is -0.967. The highest BCUT2D eigenvalue weighted by Gasteiger charge is 2.35. The minimum absolute atomic E-state index is 0.0715. The van der Waals surface area contributed by atoms with Crippen molar-refractivity contribution in [1.82, 2.24) is 0 Å². The average molecular weight is 549 g/mol. The smallest absolute Gasteiger partial charge is 0.416 e. The molecule has 3 aromatic carbocycles. The van der Waals surface area contributed by atoms with Gasteiger partial charge >= 0.3 is 12.1 Å². The van der Waals surface area contributed by atoms with Gasteiger partial charge in [0, 0.05) is 12.1 Å². The lowest BCUT2D eigenvalue weighted by molar-refractivity contribution is -0.394. The SMILES string of the molecule is COc1ccc([Si](C)(C)CC(OC(=O)c2cc([N+](=O)[O-])cc([N+](=O)[O-])c2)c2cccc(C(F)(F)F)c2)cc1. The molecular formula is C25H23F3N2O7Si. The molecule has 0 radical (unpaired) electrons. The molecule has 9 nitrogen and oxygen atoms in total. The number of nitrogens with zero attached hydrogens (tertiary/aromatic N) is 2. The number of hydrogen-bond donors (Lipinski definition) is 0. The van der Waals surface area contributed by atoms with E-state index in [0.29, 0.717) is 11.8 Å². The molecule has 3 aromatic rings. The summed E-state index contributed by atoms with van der Waals surface area (Å²) in [6, 6.07) is 14.0. The molecular weight excluding hydrogens is 525 g/mol. The fourth-order valence-corrected chi connectivity index (χ4v) is 6.44. The van der Waals surface area contributed by atoms with E-state index in [4.69, 9.17) is 9.47 Å². The van der Waals surface area contributed by atoms with Crippen LogP contribution in [-0.4, -0.2) is 31.0 Å². The van der Waals surface area contributed by atoms with Gasteiger partial charge in [-0.2, -0.15) is 13.2 Å². The summed E-state index contributed by atoms with van der Waals surface area (Å²) in [5, 5.41) is 23.4. The molecule has 0 aliphatic heterocycles. The minimum atomic E-state index is -4.64. The lowest BCUT2D eigenvalue weighted by atomic mass is 10.1. The molecule has 0 fully saturated rings.